The third-order valence-corrected chi connectivity index (χ3v) is 7.08. The van der Waals surface area contributed by atoms with E-state index >= 15 is 0 Å². The molecule has 0 aliphatic heterocycles. The average molecular weight is 380 g/mol. The van der Waals surface area contributed by atoms with Gasteiger partial charge in [-0.15, -0.1) is 22.7 Å². The summed E-state index contributed by atoms with van der Waals surface area (Å²) in [5.41, 5.74) is 2.10. The second-order valence-corrected chi connectivity index (χ2v) is 8.70. The molecule has 1 aromatic carbocycles. The van der Waals surface area contributed by atoms with Crippen LogP contribution in [-0.2, 0) is 19.3 Å². The molecule has 5 rings (SSSR count). The normalized spacial score (nSPS) is 13.5. The second-order valence-electron chi connectivity index (χ2n) is 6.67. The molecule has 1 aliphatic rings. The van der Waals surface area contributed by atoms with Crippen LogP contribution in [0.15, 0.2) is 34.4 Å². The molecule has 4 aromatic rings. The molecule has 6 heteroatoms. The van der Waals surface area contributed by atoms with E-state index in [9.17, 15) is 9.59 Å². The van der Waals surface area contributed by atoms with Crippen LogP contribution in [0.3, 0.4) is 0 Å². The van der Waals surface area contributed by atoms with E-state index in [4.69, 9.17) is 0 Å². The quantitative estimate of drug-likeness (QED) is 0.530. The van der Waals surface area contributed by atoms with Gasteiger partial charge >= 0.3 is 0 Å². The molecular weight excluding hydrogens is 364 g/mol. The molecule has 1 N–H and O–H groups in total. The number of ketones is 1. The van der Waals surface area contributed by atoms with Crippen molar-refractivity contribution >= 4 is 48.8 Å². The Kier molecular flexibility index (Phi) is 3.76. The van der Waals surface area contributed by atoms with E-state index in [2.05, 4.69) is 39.6 Å². The molecule has 0 saturated heterocycles. The molecule has 0 radical (unpaired) electrons. The molecule has 0 spiro atoms. The van der Waals surface area contributed by atoms with E-state index in [1.165, 1.54) is 15.0 Å². The van der Waals surface area contributed by atoms with Crippen LogP contribution >= 0.6 is 22.7 Å². The number of carbonyl (C=O) groups is 1. The molecule has 1 aliphatic carbocycles. The zero-order valence-electron chi connectivity index (χ0n) is 14.0. The van der Waals surface area contributed by atoms with Gasteiger partial charge < -0.3 is 4.98 Å². The fourth-order valence-corrected chi connectivity index (χ4v) is 5.72. The molecule has 0 atom stereocenters. The van der Waals surface area contributed by atoms with Gasteiger partial charge in [-0.3, -0.25) is 9.59 Å². The first-order valence-corrected chi connectivity index (χ1v) is 10.4. The van der Waals surface area contributed by atoms with Crippen molar-refractivity contribution in [1.82, 2.24) is 9.97 Å². The molecule has 0 fully saturated rings. The summed E-state index contributed by atoms with van der Waals surface area (Å²) in [5, 5.41) is 3.98. The summed E-state index contributed by atoms with van der Waals surface area (Å²) in [6.45, 7) is 0. The van der Waals surface area contributed by atoms with Crippen molar-refractivity contribution in [3.8, 4) is 0 Å². The molecule has 26 heavy (non-hydrogen) atoms. The van der Waals surface area contributed by atoms with E-state index in [1.807, 2.05) is 0 Å². The lowest BCUT2D eigenvalue weighted by atomic mass is 10.1. The number of thiophene rings is 2. The van der Waals surface area contributed by atoms with E-state index in [-0.39, 0.29) is 17.2 Å². The van der Waals surface area contributed by atoms with Crippen LogP contribution in [-0.4, -0.2) is 15.8 Å². The summed E-state index contributed by atoms with van der Waals surface area (Å²) >= 11 is 3.28. The summed E-state index contributed by atoms with van der Waals surface area (Å²) in [6.07, 6.45) is 4.05. The number of nitrogens with one attached hydrogen (secondary N) is 1. The molecule has 4 nitrogen and oxygen atoms in total. The number of fused-ring (bicyclic) bond motifs is 4. The van der Waals surface area contributed by atoms with E-state index in [0.29, 0.717) is 23.1 Å². The number of Topliss-reactive ketones (excluding diaryl/α,β-unsaturated/α-hetero) is 1. The van der Waals surface area contributed by atoms with Gasteiger partial charge in [0, 0.05) is 16.0 Å². The Hall–Kier alpha value is -2.31. The van der Waals surface area contributed by atoms with Gasteiger partial charge in [-0.25, -0.2) is 4.98 Å². The zero-order valence-corrected chi connectivity index (χ0v) is 15.6. The summed E-state index contributed by atoms with van der Waals surface area (Å²) in [6, 6.07) is 8.38. The van der Waals surface area contributed by atoms with Crippen LogP contribution in [0.1, 0.15) is 39.5 Å². The molecule has 0 saturated carbocycles. The number of nitrogens with zero attached hydrogens (tertiary/aromatic N) is 1. The van der Waals surface area contributed by atoms with Crippen molar-refractivity contribution in [3.05, 3.63) is 61.8 Å². The van der Waals surface area contributed by atoms with Crippen LogP contribution in [0.5, 0.6) is 0 Å². The topological polar surface area (TPSA) is 62.8 Å². The van der Waals surface area contributed by atoms with E-state index in [1.54, 1.807) is 22.7 Å². The molecule has 3 aromatic heterocycles. The second kappa shape index (κ2) is 6.14. The number of hydrogen-bond acceptors (Lipinski definition) is 5. The van der Waals surface area contributed by atoms with Crippen molar-refractivity contribution in [2.24, 2.45) is 0 Å². The first kappa shape index (κ1) is 15.9. The molecule has 3 heterocycles. The highest BCUT2D eigenvalue weighted by Crippen LogP contribution is 2.34. The third-order valence-electron chi connectivity index (χ3n) is 5.00. The number of hydrogen-bond donors (Lipinski definition) is 1. The van der Waals surface area contributed by atoms with Gasteiger partial charge in [0.25, 0.3) is 5.56 Å². The molecular formula is C20H16N2O2S2. The van der Waals surface area contributed by atoms with Crippen LogP contribution < -0.4 is 5.56 Å². The first-order chi connectivity index (χ1) is 12.7. The fourth-order valence-electron chi connectivity index (χ4n) is 3.68. The average Bonchev–Trinajstić information content (AvgIpc) is 3.33. The number of H-pyrrole nitrogens is 1. The molecule has 0 amide bonds. The predicted octanol–water partition coefficient (Wildman–Crippen LogP) is 4.50. The Morgan fingerprint density at radius 2 is 2.15 bits per heavy atom. The van der Waals surface area contributed by atoms with E-state index < -0.39 is 0 Å². The Balaban J connectivity index is 1.40. The Morgan fingerprint density at radius 3 is 3.08 bits per heavy atom. The number of rotatable bonds is 4. The largest absolute Gasteiger partial charge is 0.303 e. The first-order valence-electron chi connectivity index (χ1n) is 8.73. The van der Waals surface area contributed by atoms with Gasteiger partial charge in [0.05, 0.1) is 5.39 Å². The monoisotopic (exact) mass is 380 g/mol. The lowest BCUT2D eigenvalue weighted by Gasteiger charge is -2.03. The number of aryl methyl sites for hydroxylation is 3. The minimum absolute atomic E-state index is 0.108. The minimum atomic E-state index is -0.169. The van der Waals surface area contributed by atoms with Crippen molar-refractivity contribution in [3.63, 3.8) is 0 Å². The number of aromatic nitrogens is 2. The number of aromatic amines is 1. The number of carbonyl (C=O) groups excluding carboxylic acids is 1. The Morgan fingerprint density at radius 1 is 1.23 bits per heavy atom. The lowest BCUT2D eigenvalue weighted by Crippen LogP contribution is -2.16. The summed E-state index contributed by atoms with van der Waals surface area (Å²) < 4.78 is 1.25. The van der Waals surface area contributed by atoms with Gasteiger partial charge in [-0.05, 0) is 59.7 Å². The minimum Gasteiger partial charge on any atom is -0.303 e. The van der Waals surface area contributed by atoms with Gasteiger partial charge in [0.15, 0.2) is 11.6 Å². The third kappa shape index (κ3) is 2.61. The van der Waals surface area contributed by atoms with Gasteiger partial charge in [0.1, 0.15) is 4.83 Å². The Labute approximate surface area is 157 Å². The smallest absolute Gasteiger partial charge is 0.260 e. The number of benzene rings is 1. The van der Waals surface area contributed by atoms with Crippen molar-refractivity contribution < 1.29 is 4.79 Å². The van der Waals surface area contributed by atoms with E-state index in [0.717, 1.165) is 30.4 Å². The highest BCUT2D eigenvalue weighted by molar-refractivity contribution is 7.19. The SMILES string of the molecule is O=C(CCc1ccc2sccc2c1)c1nc2sc3c(c2c(=O)[nH]1)CCC3. The Bertz CT molecular complexity index is 1220. The fraction of sp³-hybridized carbons (Fsp3) is 0.250. The van der Waals surface area contributed by atoms with Crippen LogP contribution in [0.25, 0.3) is 20.3 Å². The standard InChI is InChI=1S/C20H16N2O2S2/c23-14(6-4-11-5-7-15-12(10-11)8-9-25-15)18-21-19(24)17-13-2-1-3-16(13)26-20(17)22-18/h5,7-10H,1-4,6H2,(H,21,22,24). The summed E-state index contributed by atoms with van der Waals surface area (Å²) in [5.74, 6) is 0.0852. The molecule has 0 unspecified atom stereocenters. The highest BCUT2D eigenvalue weighted by atomic mass is 32.1. The maximum atomic E-state index is 12.6. The van der Waals surface area contributed by atoms with Crippen molar-refractivity contribution in [2.45, 2.75) is 32.1 Å². The summed E-state index contributed by atoms with van der Waals surface area (Å²) in [4.78, 5) is 34.2. The van der Waals surface area contributed by atoms with Crippen LogP contribution in [0, 0.1) is 0 Å². The van der Waals surface area contributed by atoms with Crippen LogP contribution in [0.4, 0.5) is 0 Å². The molecule has 130 valence electrons. The zero-order chi connectivity index (χ0) is 17.7. The van der Waals surface area contributed by atoms with Crippen molar-refractivity contribution in [2.75, 3.05) is 0 Å². The molecule has 0 bridgehead atoms. The van der Waals surface area contributed by atoms with Gasteiger partial charge in [0.2, 0.25) is 0 Å². The lowest BCUT2D eigenvalue weighted by molar-refractivity contribution is 0.0973. The van der Waals surface area contributed by atoms with Crippen molar-refractivity contribution in [1.29, 1.82) is 0 Å². The summed E-state index contributed by atoms with van der Waals surface area (Å²) in [7, 11) is 0. The van der Waals surface area contributed by atoms with Crippen LogP contribution in [0.2, 0.25) is 0 Å². The van der Waals surface area contributed by atoms with Gasteiger partial charge in [-0.1, -0.05) is 12.1 Å². The maximum absolute atomic E-state index is 12.6. The maximum Gasteiger partial charge on any atom is 0.260 e. The predicted molar refractivity (Wildman–Crippen MR) is 107 cm³/mol. The van der Waals surface area contributed by atoms with Gasteiger partial charge in [-0.2, -0.15) is 0 Å². The highest BCUT2D eigenvalue weighted by Gasteiger charge is 2.22.